The number of halogens is 2. The number of sulfone groups is 1. The van der Waals surface area contributed by atoms with Gasteiger partial charge in [0.1, 0.15) is 12.4 Å². The van der Waals surface area contributed by atoms with Crippen molar-refractivity contribution < 1.29 is 27.1 Å². The Bertz CT molecular complexity index is 1330. The molecular weight excluding hydrogens is 455 g/mol. The van der Waals surface area contributed by atoms with Crippen molar-refractivity contribution in [1.82, 2.24) is 4.57 Å². The van der Waals surface area contributed by atoms with Gasteiger partial charge in [-0.3, -0.25) is 9.59 Å². The van der Waals surface area contributed by atoms with Crippen molar-refractivity contribution in [2.75, 3.05) is 12.9 Å². The van der Waals surface area contributed by atoms with E-state index in [2.05, 4.69) is 4.99 Å². The lowest BCUT2D eigenvalue weighted by molar-refractivity contribution is -0.143. The van der Waals surface area contributed by atoms with Gasteiger partial charge in [-0.05, 0) is 43.3 Å². The van der Waals surface area contributed by atoms with E-state index in [1.807, 2.05) is 0 Å². The molecule has 0 fully saturated rings. The molecule has 3 rings (SSSR count). The highest BCUT2D eigenvalue weighted by atomic mass is 35.5. The van der Waals surface area contributed by atoms with E-state index in [0.717, 1.165) is 29.7 Å². The topological polar surface area (TPSA) is 94.8 Å². The molecule has 1 amide bonds. The highest BCUT2D eigenvalue weighted by Gasteiger charge is 2.16. The van der Waals surface area contributed by atoms with Crippen LogP contribution >= 0.6 is 22.9 Å². The summed E-state index contributed by atoms with van der Waals surface area (Å²) in [5.74, 6) is -1.87. The third-order valence-corrected chi connectivity index (χ3v) is 6.50. The average molecular weight is 471 g/mol. The standard InChI is InChI=1S/C19H16ClFN2O5S2/c1-3-28-17(24)10-23-15-7-5-12(30(2,26)27)9-16(15)29-19(23)22-18(25)13-6-4-11(21)8-14(13)20/h4-9H,3,10H2,1-2H3. The van der Waals surface area contributed by atoms with Gasteiger partial charge in [-0.15, -0.1) is 0 Å². The molecule has 1 heterocycles. The van der Waals surface area contributed by atoms with Gasteiger partial charge in [0, 0.05) is 6.26 Å². The highest BCUT2D eigenvalue weighted by molar-refractivity contribution is 7.90. The van der Waals surface area contributed by atoms with Gasteiger partial charge in [0.05, 0.1) is 32.3 Å². The van der Waals surface area contributed by atoms with Crippen molar-refractivity contribution >= 4 is 54.9 Å². The minimum absolute atomic E-state index is 0.00460. The van der Waals surface area contributed by atoms with Gasteiger partial charge in [0.2, 0.25) is 0 Å². The summed E-state index contributed by atoms with van der Waals surface area (Å²) in [6.45, 7) is 1.61. The number of thiazole rings is 1. The molecule has 0 saturated carbocycles. The molecule has 0 aliphatic heterocycles. The molecule has 0 bridgehead atoms. The first-order valence-corrected chi connectivity index (χ1v) is 11.7. The van der Waals surface area contributed by atoms with E-state index in [4.69, 9.17) is 16.3 Å². The van der Waals surface area contributed by atoms with Crippen molar-refractivity contribution in [3.63, 3.8) is 0 Å². The molecule has 0 aliphatic carbocycles. The molecule has 2 aromatic carbocycles. The molecule has 0 aliphatic rings. The Morgan fingerprint density at radius 2 is 1.97 bits per heavy atom. The van der Waals surface area contributed by atoms with E-state index >= 15 is 0 Å². The van der Waals surface area contributed by atoms with Gasteiger partial charge in [-0.25, -0.2) is 12.8 Å². The zero-order valence-corrected chi connectivity index (χ0v) is 18.3. The molecule has 0 atom stereocenters. The van der Waals surface area contributed by atoms with Crippen molar-refractivity contribution in [3.8, 4) is 0 Å². The maximum Gasteiger partial charge on any atom is 0.326 e. The van der Waals surface area contributed by atoms with Crippen LogP contribution in [0.4, 0.5) is 4.39 Å². The second-order valence-electron chi connectivity index (χ2n) is 6.22. The Hall–Kier alpha value is -2.56. The average Bonchev–Trinajstić information content (AvgIpc) is 2.97. The van der Waals surface area contributed by atoms with Crippen molar-refractivity contribution in [3.05, 3.63) is 57.6 Å². The number of hydrogen-bond donors (Lipinski definition) is 0. The molecule has 0 unspecified atom stereocenters. The molecule has 0 saturated heterocycles. The van der Waals surface area contributed by atoms with E-state index in [9.17, 15) is 22.4 Å². The molecule has 30 heavy (non-hydrogen) atoms. The Balaban J connectivity index is 2.18. The maximum absolute atomic E-state index is 13.3. The molecular formula is C19H16ClFN2O5S2. The van der Waals surface area contributed by atoms with Crippen LogP contribution in [-0.2, 0) is 25.9 Å². The summed E-state index contributed by atoms with van der Waals surface area (Å²) in [5, 5.41) is -0.0961. The monoisotopic (exact) mass is 470 g/mol. The van der Waals surface area contributed by atoms with Crippen LogP contribution in [-0.4, -0.2) is 37.7 Å². The summed E-state index contributed by atoms with van der Waals surface area (Å²) >= 11 is 6.97. The molecule has 3 aromatic rings. The number of aromatic nitrogens is 1. The van der Waals surface area contributed by atoms with E-state index in [-0.39, 0.29) is 33.4 Å². The summed E-state index contributed by atoms with van der Waals surface area (Å²) < 4.78 is 43.9. The van der Waals surface area contributed by atoms with Crippen LogP contribution < -0.4 is 4.80 Å². The molecule has 7 nitrogen and oxygen atoms in total. The highest BCUT2D eigenvalue weighted by Crippen LogP contribution is 2.23. The smallest absolute Gasteiger partial charge is 0.326 e. The Morgan fingerprint density at radius 3 is 2.60 bits per heavy atom. The first-order valence-electron chi connectivity index (χ1n) is 8.63. The van der Waals surface area contributed by atoms with Gasteiger partial charge in [-0.1, -0.05) is 22.9 Å². The Kier molecular flexibility index (Phi) is 6.39. The molecule has 158 valence electrons. The predicted molar refractivity (Wildman–Crippen MR) is 111 cm³/mol. The van der Waals surface area contributed by atoms with Crippen LogP contribution in [0.1, 0.15) is 17.3 Å². The summed E-state index contributed by atoms with van der Waals surface area (Å²) in [7, 11) is -3.45. The van der Waals surface area contributed by atoms with Gasteiger partial charge in [-0.2, -0.15) is 4.99 Å². The number of carbonyl (C=O) groups excluding carboxylic acids is 2. The maximum atomic E-state index is 13.3. The minimum Gasteiger partial charge on any atom is -0.465 e. The number of benzene rings is 2. The number of rotatable bonds is 5. The fraction of sp³-hybridized carbons (Fsp3) is 0.211. The second-order valence-corrected chi connectivity index (χ2v) is 9.65. The first-order chi connectivity index (χ1) is 14.1. The minimum atomic E-state index is -3.45. The number of esters is 1. The molecule has 0 N–H and O–H groups in total. The zero-order chi connectivity index (χ0) is 22.1. The molecule has 0 spiro atoms. The largest absolute Gasteiger partial charge is 0.465 e. The number of hydrogen-bond acceptors (Lipinski definition) is 6. The summed E-state index contributed by atoms with van der Waals surface area (Å²) in [6.07, 6.45) is 1.08. The number of amides is 1. The van der Waals surface area contributed by atoms with Crippen LogP contribution in [0.15, 0.2) is 46.3 Å². The van der Waals surface area contributed by atoms with Gasteiger partial charge >= 0.3 is 5.97 Å². The number of ether oxygens (including phenoxy) is 1. The second kappa shape index (κ2) is 8.66. The van der Waals surface area contributed by atoms with Crippen molar-refractivity contribution in [2.24, 2.45) is 4.99 Å². The number of carbonyl (C=O) groups is 2. The van der Waals surface area contributed by atoms with E-state index in [0.29, 0.717) is 10.2 Å². The van der Waals surface area contributed by atoms with Crippen molar-refractivity contribution in [1.29, 1.82) is 0 Å². The Morgan fingerprint density at radius 1 is 1.23 bits per heavy atom. The first kappa shape index (κ1) is 22.1. The van der Waals surface area contributed by atoms with Crippen LogP contribution in [0, 0.1) is 5.82 Å². The van der Waals surface area contributed by atoms with E-state index < -0.39 is 27.5 Å². The number of fused-ring (bicyclic) bond motifs is 1. The number of nitrogens with zero attached hydrogens (tertiary/aromatic N) is 2. The molecule has 1 aromatic heterocycles. The predicted octanol–water partition coefficient (Wildman–Crippen LogP) is 3.20. The lowest BCUT2D eigenvalue weighted by Crippen LogP contribution is -2.23. The Labute approximate surface area is 180 Å². The zero-order valence-electron chi connectivity index (χ0n) is 15.9. The van der Waals surface area contributed by atoms with Crippen LogP contribution in [0.25, 0.3) is 10.2 Å². The van der Waals surface area contributed by atoms with Crippen LogP contribution in [0.3, 0.4) is 0 Å². The normalized spacial score (nSPS) is 12.3. The quantitative estimate of drug-likeness (QED) is 0.534. The SMILES string of the molecule is CCOC(=O)Cn1c(=NC(=O)c2ccc(F)cc2Cl)sc2cc(S(C)(=O)=O)ccc21. The molecule has 0 radical (unpaired) electrons. The molecule has 11 heteroatoms. The fourth-order valence-electron chi connectivity index (χ4n) is 2.67. The third-order valence-electron chi connectivity index (χ3n) is 4.03. The van der Waals surface area contributed by atoms with Gasteiger partial charge < -0.3 is 9.30 Å². The lowest BCUT2D eigenvalue weighted by atomic mass is 10.2. The lowest BCUT2D eigenvalue weighted by Gasteiger charge is -2.06. The third kappa shape index (κ3) is 4.77. The summed E-state index contributed by atoms with van der Waals surface area (Å²) in [6, 6.07) is 7.70. The van der Waals surface area contributed by atoms with Gasteiger partial charge in [0.15, 0.2) is 14.6 Å². The summed E-state index contributed by atoms with van der Waals surface area (Å²) in [4.78, 5) is 29.0. The van der Waals surface area contributed by atoms with Crippen molar-refractivity contribution in [2.45, 2.75) is 18.4 Å². The van der Waals surface area contributed by atoms with Crippen LogP contribution in [0.2, 0.25) is 5.02 Å². The van der Waals surface area contributed by atoms with Gasteiger partial charge in [0.25, 0.3) is 5.91 Å². The van der Waals surface area contributed by atoms with Crippen LogP contribution in [0.5, 0.6) is 0 Å². The summed E-state index contributed by atoms with van der Waals surface area (Å²) in [5.41, 5.74) is 0.507. The fourth-order valence-corrected chi connectivity index (χ4v) is 4.70. The van der Waals surface area contributed by atoms with E-state index in [1.165, 1.54) is 28.8 Å². The van der Waals surface area contributed by atoms with E-state index in [1.54, 1.807) is 6.92 Å².